The van der Waals surface area contributed by atoms with Crippen molar-refractivity contribution in [3.05, 3.63) is 76.9 Å². The first-order chi connectivity index (χ1) is 15.0. The summed E-state index contributed by atoms with van der Waals surface area (Å²) >= 11 is 0. The second kappa shape index (κ2) is 8.95. The van der Waals surface area contributed by atoms with Gasteiger partial charge in [-0.15, -0.1) is 0 Å². The zero-order valence-corrected chi connectivity index (χ0v) is 17.2. The summed E-state index contributed by atoms with van der Waals surface area (Å²) in [6.45, 7) is 3.19. The standard InChI is InChI=1S/C22H24N6O3/c1-16(17-6-8-19(9-7-17)27-15-23-14-24-27)25-22(29)18-10-12-26(13-11-18)20-4-2-3-5-21(20)28(30)31/h2-9,14-16,18H,10-13H2,1H3,(H,25,29)/t16-/m0/s1. The van der Waals surface area contributed by atoms with E-state index in [1.54, 1.807) is 29.2 Å². The fourth-order valence-electron chi connectivity index (χ4n) is 3.94. The molecule has 0 aliphatic carbocycles. The second-order valence-corrected chi connectivity index (χ2v) is 7.67. The van der Waals surface area contributed by atoms with E-state index in [1.807, 2.05) is 36.1 Å². The van der Waals surface area contributed by atoms with Crippen molar-refractivity contribution in [2.45, 2.75) is 25.8 Å². The van der Waals surface area contributed by atoms with Gasteiger partial charge in [0.2, 0.25) is 5.91 Å². The Morgan fingerprint density at radius 2 is 1.87 bits per heavy atom. The average Bonchev–Trinajstić information content (AvgIpc) is 3.34. The van der Waals surface area contributed by atoms with Crippen LogP contribution in [0, 0.1) is 16.0 Å². The number of nitro benzene ring substituents is 1. The number of carbonyl (C=O) groups excluding carboxylic acids is 1. The van der Waals surface area contributed by atoms with Crippen LogP contribution in [0.15, 0.2) is 61.2 Å². The van der Waals surface area contributed by atoms with E-state index in [2.05, 4.69) is 15.4 Å². The van der Waals surface area contributed by atoms with Gasteiger partial charge in [0.1, 0.15) is 18.3 Å². The van der Waals surface area contributed by atoms with E-state index in [-0.39, 0.29) is 28.5 Å². The molecule has 0 bridgehead atoms. The van der Waals surface area contributed by atoms with Crippen LogP contribution in [0.2, 0.25) is 0 Å². The summed E-state index contributed by atoms with van der Waals surface area (Å²) in [6.07, 6.45) is 4.44. The first-order valence-electron chi connectivity index (χ1n) is 10.3. The highest BCUT2D eigenvalue weighted by Gasteiger charge is 2.28. The molecule has 1 fully saturated rings. The molecule has 1 saturated heterocycles. The minimum Gasteiger partial charge on any atom is -0.366 e. The summed E-state index contributed by atoms with van der Waals surface area (Å²) in [6, 6.07) is 14.5. The minimum atomic E-state index is -0.357. The topological polar surface area (TPSA) is 106 Å². The van der Waals surface area contributed by atoms with Crippen LogP contribution in [0.1, 0.15) is 31.4 Å². The Kier molecular flexibility index (Phi) is 5.92. The average molecular weight is 420 g/mol. The number of benzene rings is 2. The number of amides is 1. The summed E-state index contributed by atoms with van der Waals surface area (Å²) in [5.41, 5.74) is 2.64. The lowest BCUT2D eigenvalue weighted by Crippen LogP contribution is -2.41. The molecule has 1 N–H and O–H groups in total. The molecule has 31 heavy (non-hydrogen) atoms. The van der Waals surface area contributed by atoms with Crippen LogP contribution in [-0.4, -0.2) is 38.7 Å². The molecule has 4 rings (SSSR count). The molecule has 0 unspecified atom stereocenters. The number of hydrogen-bond donors (Lipinski definition) is 1. The summed E-state index contributed by atoms with van der Waals surface area (Å²) in [5, 5.41) is 18.5. The molecule has 1 atom stereocenters. The van der Waals surface area contributed by atoms with Gasteiger partial charge in [-0.05, 0) is 43.5 Å². The summed E-state index contributed by atoms with van der Waals surface area (Å²) in [4.78, 5) is 29.7. The van der Waals surface area contributed by atoms with Crippen LogP contribution < -0.4 is 10.2 Å². The molecule has 160 valence electrons. The number of nitrogens with one attached hydrogen (secondary N) is 1. The SMILES string of the molecule is C[C@H](NC(=O)C1CCN(c2ccccc2[N+](=O)[O-])CC1)c1ccc(-n2cncn2)cc1. The van der Waals surface area contributed by atoms with Crippen LogP contribution in [-0.2, 0) is 4.79 Å². The first-order valence-corrected chi connectivity index (χ1v) is 10.3. The number of anilines is 1. The van der Waals surface area contributed by atoms with Crippen molar-refractivity contribution in [1.29, 1.82) is 0 Å². The Hall–Kier alpha value is -3.75. The molecule has 1 aliphatic rings. The number of hydrogen-bond acceptors (Lipinski definition) is 6. The smallest absolute Gasteiger partial charge is 0.292 e. The third-order valence-corrected chi connectivity index (χ3v) is 5.72. The molecule has 2 aromatic carbocycles. The van der Waals surface area contributed by atoms with E-state index < -0.39 is 0 Å². The number of aromatic nitrogens is 3. The van der Waals surface area contributed by atoms with Crippen molar-refractivity contribution in [2.75, 3.05) is 18.0 Å². The van der Waals surface area contributed by atoms with Crippen molar-refractivity contribution in [3.8, 4) is 5.69 Å². The maximum atomic E-state index is 12.8. The Balaban J connectivity index is 1.33. The van der Waals surface area contributed by atoms with Crippen molar-refractivity contribution in [2.24, 2.45) is 5.92 Å². The fourth-order valence-corrected chi connectivity index (χ4v) is 3.94. The zero-order valence-electron chi connectivity index (χ0n) is 17.2. The van der Waals surface area contributed by atoms with Gasteiger partial charge >= 0.3 is 0 Å². The number of nitrogens with zero attached hydrogens (tertiary/aromatic N) is 5. The summed E-state index contributed by atoms with van der Waals surface area (Å²) in [7, 11) is 0. The monoisotopic (exact) mass is 420 g/mol. The van der Waals surface area contributed by atoms with E-state index in [4.69, 9.17) is 0 Å². The molecular weight excluding hydrogens is 396 g/mol. The molecule has 9 nitrogen and oxygen atoms in total. The first kappa shape index (κ1) is 20.5. The van der Waals surface area contributed by atoms with E-state index in [0.717, 1.165) is 11.3 Å². The van der Waals surface area contributed by atoms with Crippen LogP contribution in [0.4, 0.5) is 11.4 Å². The minimum absolute atomic E-state index is 0.0232. The highest BCUT2D eigenvalue weighted by atomic mass is 16.6. The number of para-hydroxylation sites is 2. The maximum absolute atomic E-state index is 12.8. The molecule has 1 amide bonds. The van der Waals surface area contributed by atoms with Gasteiger partial charge in [-0.25, -0.2) is 9.67 Å². The van der Waals surface area contributed by atoms with Gasteiger partial charge in [-0.1, -0.05) is 24.3 Å². The summed E-state index contributed by atoms with van der Waals surface area (Å²) in [5.74, 6) is -0.0778. The largest absolute Gasteiger partial charge is 0.366 e. The van der Waals surface area contributed by atoms with Crippen molar-refractivity contribution in [1.82, 2.24) is 20.1 Å². The highest BCUT2D eigenvalue weighted by molar-refractivity contribution is 5.79. The molecule has 1 aliphatic heterocycles. The van der Waals surface area contributed by atoms with Gasteiger partial charge < -0.3 is 10.2 Å². The predicted octanol–water partition coefficient (Wildman–Crippen LogP) is 3.27. The molecule has 0 saturated carbocycles. The van der Waals surface area contributed by atoms with Crippen molar-refractivity contribution in [3.63, 3.8) is 0 Å². The second-order valence-electron chi connectivity index (χ2n) is 7.67. The van der Waals surface area contributed by atoms with E-state index in [9.17, 15) is 14.9 Å². The number of nitro groups is 1. The Bertz CT molecular complexity index is 1040. The molecule has 0 radical (unpaired) electrons. The molecular formula is C22H24N6O3. The lowest BCUT2D eigenvalue weighted by atomic mass is 9.94. The van der Waals surface area contributed by atoms with Gasteiger partial charge in [-0.3, -0.25) is 14.9 Å². The van der Waals surface area contributed by atoms with Gasteiger partial charge in [0, 0.05) is 25.1 Å². The van der Waals surface area contributed by atoms with Crippen molar-refractivity contribution < 1.29 is 9.72 Å². The van der Waals surface area contributed by atoms with E-state index >= 15 is 0 Å². The van der Waals surface area contributed by atoms with E-state index in [1.165, 1.54) is 12.4 Å². The molecule has 2 heterocycles. The highest BCUT2D eigenvalue weighted by Crippen LogP contribution is 2.31. The molecule has 3 aromatic rings. The Labute approximate surface area is 179 Å². The third kappa shape index (κ3) is 4.55. The van der Waals surface area contributed by atoms with Gasteiger partial charge in [-0.2, -0.15) is 5.10 Å². The maximum Gasteiger partial charge on any atom is 0.292 e. The van der Waals surface area contributed by atoms with Gasteiger partial charge in [0.05, 0.1) is 16.7 Å². The fraction of sp³-hybridized carbons (Fsp3) is 0.318. The van der Waals surface area contributed by atoms with Crippen molar-refractivity contribution >= 4 is 17.3 Å². The predicted molar refractivity (Wildman–Crippen MR) is 116 cm³/mol. The van der Waals surface area contributed by atoms with Gasteiger partial charge in [0.25, 0.3) is 5.69 Å². The zero-order chi connectivity index (χ0) is 21.8. The third-order valence-electron chi connectivity index (χ3n) is 5.72. The number of rotatable bonds is 6. The van der Waals surface area contributed by atoms with Crippen LogP contribution >= 0.6 is 0 Å². The quantitative estimate of drug-likeness (QED) is 0.485. The summed E-state index contributed by atoms with van der Waals surface area (Å²) < 4.78 is 1.68. The lowest BCUT2D eigenvalue weighted by molar-refractivity contribution is -0.384. The Morgan fingerprint density at radius 1 is 1.16 bits per heavy atom. The number of piperidine rings is 1. The van der Waals surface area contributed by atoms with E-state index in [0.29, 0.717) is 31.6 Å². The van der Waals surface area contributed by atoms with Crippen LogP contribution in [0.25, 0.3) is 5.69 Å². The Morgan fingerprint density at radius 3 is 2.52 bits per heavy atom. The van der Waals surface area contributed by atoms with Crippen LogP contribution in [0.3, 0.4) is 0 Å². The molecule has 0 spiro atoms. The number of carbonyl (C=O) groups is 1. The lowest BCUT2D eigenvalue weighted by Gasteiger charge is -2.33. The molecule has 1 aromatic heterocycles. The molecule has 9 heteroatoms. The normalized spacial score (nSPS) is 15.5. The van der Waals surface area contributed by atoms with Gasteiger partial charge in [0.15, 0.2) is 0 Å². The van der Waals surface area contributed by atoms with Crippen LogP contribution in [0.5, 0.6) is 0 Å².